The fourth-order valence-electron chi connectivity index (χ4n) is 0.262. The molecule has 0 unspecified atom stereocenters. The third kappa shape index (κ3) is 22.4. The third-order valence-electron chi connectivity index (χ3n) is 0.979. The Kier molecular flexibility index (Phi) is 26.4. The van der Waals surface area contributed by atoms with Crippen molar-refractivity contribution in [3.05, 3.63) is 0 Å². The highest BCUT2D eigenvalue weighted by molar-refractivity contribution is 8.93. The Morgan fingerprint density at radius 3 is 1.67 bits per heavy atom. The van der Waals surface area contributed by atoms with Gasteiger partial charge in [-0.15, -0.1) is 17.0 Å². The summed E-state index contributed by atoms with van der Waals surface area (Å²) in [5, 5.41) is 24.0. The normalized spacial score (nSPS) is 8.50. The molecule has 5 heteroatoms. The molecule has 0 radical (unpaired) electrons. The Morgan fingerprint density at radius 1 is 1.25 bits per heavy atom. The molecular formula is C7H20BrNO3. The number of halogens is 1. The molecule has 0 spiro atoms. The average Bonchev–Trinajstić information content (AvgIpc) is 2.06. The predicted molar refractivity (Wildman–Crippen MR) is 54.5 cm³/mol. The minimum atomic E-state index is -0.954. The molecule has 0 aliphatic heterocycles. The summed E-state index contributed by atoms with van der Waals surface area (Å²) < 4.78 is 0. The van der Waals surface area contributed by atoms with Gasteiger partial charge in [0, 0.05) is 0 Å². The first-order valence-electron chi connectivity index (χ1n) is 3.82. The number of nitrogens with two attached hydrogens (primary N) is 1. The van der Waals surface area contributed by atoms with Crippen LogP contribution >= 0.6 is 17.0 Å². The van der Waals surface area contributed by atoms with Gasteiger partial charge >= 0.3 is 0 Å². The molecule has 0 saturated carbocycles. The van der Waals surface area contributed by atoms with Crippen molar-refractivity contribution in [2.75, 3.05) is 19.8 Å². The molecular weight excluding hydrogens is 226 g/mol. The molecule has 0 fully saturated rings. The van der Waals surface area contributed by atoms with E-state index in [1.807, 2.05) is 0 Å². The van der Waals surface area contributed by atoms with E-state index in [0.29, 0.717) is 0 Å². The Labute approximate surface area is 84.2 Å². The van der Waals surface area contributed by atoms with E-state index in [1.165, 1.54) is 12.8 Å². The topological polar surface area (TPSA) is 86.7 Å². The lowest BCUT2D eigenvalue weighted by Crippen LogP contribution is -2.15. The van der Waals surface area contributed by atoms with Crippen LogP contribution < -0.4 is 5.73 Å². The van der Waals surface area contributed by atoms with Crippen LogP contribution in [0, 0.1) is 0 Å². The molecule has 0 amide bonds. The Hall–Kier alpha value is 0.320. The van der Waals surface area contributed by atoms with E-state index >= 15 is 0 Å². The molecule has 4 nitrogen and oxygen atoms in total. The van der Waals surface area contributed by atoms with Crippen LogP contribution in [0.15, 0.2) is 0 Å². The highest BCUT2D eigenvalue weighted by atomic mass is 79.9. The summed E-state index contributed by atoms with van der Waals surface area (Å²) in [5.74, 6) is 0. The quantitative estimate of drug-likeness (QED) is 0.546. The van der Waals surface area contributed by atoms with Gasteiger partial charge in [0.05, 0.1) is 13.2 Å². The van der Waals surface area contributed by atoms with Crippen molar-refractivity contribution < 1.29 is 15.3 Å². The van der Waals surface area contributed by atoms with Gasteiger partial charge in [0.1, 0.15) is 6.10 Å². The summed E-state index contributed by atoms with van der Waals surface area (Å²) in [6, 6.07) is 0. The van der Waals surface area contributed by atoms with E-state index in [4.69, 9.17) is 21.1 Å². The average molecular weight is 246 g/mol. The van der Waals surface area contributed by atoms with Crippen LogP contribution in [0.3, 0.4) is 0 Å². The first kappa shape index (κ1) is 18.2. The molecule has 0 aliphatic rings. The van der Waals surface area contributed by atoms with E-state index < -0.39 is 6.10 Å². The van der Waals surface area contributed by atoms with Crippen molar-refractivity contribution in [3.8, 4) is 0 Å². The zero-order chi connectivity index (χ0) is 9.11. The van der Waals surface area contributed by atoms with Crippen LogP contribution in [-0.2, 0) is 0 Å². The molecule has 0 bridgehead atoms. The summed E-state index contributed by atoms with van der Waals surface area (Å²) in [4.78, 5) is 0. The summed E-state index contributed by atoms with van der Waals surface area (Å²) in [7, 11) is 0. The lowest BCUT2D eigenvalue weighted by Gasteiger charge is -1.96. The standard InChI is InChI=1S/C4H11N.C3H8O3.BrH/c1-2-3-4-5;4-1-3(6)2-5;/h2-5H2,1H3;3-6H,1-2H2;1H. The van der Waals surface area contributed by atoms with Crippen LogP contribution in [0.1, 0.15) is 19.8 Å². The molecule has 0 saturated heterocycles. The van der Waals surface area contributed by atoms with Gasteiger partial charge in [0.2, 0.25) is 0 Å². The fourth-order valence-corrected chi connectivity index (χ4v) is 0.262. The maximum Gasteiger partial charge on any atom is 0.100 e. The van der Waals surface area contributed by atoms with Crippen LogP contribution in [0.5, 0.6) is 0 Å². The predicted octanol–water partition coefficient (Wildman–Crippen LogP) is -0.345. The van der Waals surface area contributed by atoms with E-state index in [1.54, 1.807) is 0 Å². The minimum Gasteiger partial charge on any atom is -0.394 e. The van der Waals surface area contributed by atoms with E-state index in [-0.39, 0.29) is 30.2 Å². The molecule has 0 aromatic carbocycles. The number of rotatable bonds is 4. The van der Waals surface area contributed by atoms with Gasteiger partial charge in [-0.05, 0) is 13.0 Å². The maximum atomic E-state index is 8.17. The van der Waals surface area contributed by atoms with Crippen molar-refractivity contribution >= 4 is 17.0 Å². The fraction of sp³-hybridized carbons (Fsp3) is 1.00. The molecule has 0 atom stereocenters. The second-order valence-electron chi connectivity index (χ2n) is 2.16. The minimum absolute atomic E-state index is 0. The van der Waals surface area contributed by atoms with Gasteiger partial charge in [0.25, 0.3) is 0 Å². The highest BCUT2D eigenvalue weighted by Crippen LogP contribution is 1.77. The van der Waals surface area contributed by atoms with Gasteiger partial charge in [-0.2, -0.15) is 0 Å². The molecule has 0 aromatic rings. The monoisotopic (exact) mass is 245 g/mol. The van der Waals surface area contributed by atoms with Crippen molar-refractivity contribution in [2.24, 2.45) is 5.73 Å². The van der Waals surface area contributed by atoms with Crippen LogP contribution in [-0.4, -0.2) is 41.2 Å². The molecule has 0 aromatic heterocycles. The molecule has 0 heterocycles. The van der Waals surface area contributed by atoms with E-state index in [2.05, 4.69) is 6.92 Å². The lowest BCUT2D eigenvalue weighted by molar-refractivity contribution is 0.0450. The van der Waals surface area contributed by atoms with Gasteiger partial charge in [0.15, 0.2) is 0 Å². The van der Waals surface area contributed by atoms with Gasteiger partial charge in [-0.25, -0.2) is 0 Å². The zero-order valence-corrected chi connectivity index (χ0v) is 9.15. The van der Waals surface area contributed by atoms with Crippen LogP contribution in [0.2, 0.25) is 0 Å². The lowest BCUT2D eigenvalue weighted by atomic mass is 10.3. The van der Waals surface area contributed by atoms with Crippen LogP contribution in [0.4, 0.5) is 0 Å². The maximum absolute atomic E-state index is 8.17. The number of hydrogen-bond donors (Lipinski definition) is 4. The van der Waals surface area contributed by atoms with Crippen molar-refractivity contribution in [1.82, 2.24) is 0 Å². The number of hydrogen-bond acceptors (Lipinski definition) is 4. The Morgan fingerprint density at radius 2 is 1.67 bits per heavy atom. The van der Waals surface area contributed by atoms with Crippen LogP contribution in [0.25, 0.3) is 0 Å². The van der Waals surface area contributed by atoms with E-state index in [0.717, 1.165) is 6.54 Å². The second-order valence-corrected chi connectivity index (χ2v) is 2.16. The summed E-state index contributed by atoms with van der Waals surface area (Å²) in [6.07, 6.45) is 1.43. The van der Waals surface area contributed by atoms with Gasteiger partial charge in [-0.3, -0.25) is 0 Å². The molecule has 0 aliphatic carbocycles. The van der Waals surface area contributed by atoms with E-state index in [9.17, 15) is 0 Å². The molecule has 78 valence electrons. The molecule has 5 N–H and O–H groups in total. The summed E-state index contributed by atoms with van der Waals surface area (Å²) >= 11 is 0. The van der Waals surface area contributed by atoms with Crippen molar-refractivity contribution in [2.45, 2.75) is 25.9 Å². The largest absolute Gasteiger partial charge is 0.394 e. The van der Waals surface area contributed by atoms with Crippen molar-refractivity contribution in [1.29, 1.82) is 0 Å². The van der Waals surface area contributed by atoms with Gasteiger partial charge < -0.3 is 21.1 Å². The molecule has 12 heavy (non-hydrogen) atoms. The second kappa shape index (κ2) is 17.4. The highest BCUT2D eigenvalue weighted by Gasteiger charge is 1.93. The first-order chi connectivity index (χ1) is 5.22. The third-order valence-corrected chi connectivity index (χ3v) is 0.979. The SMILES string of the molecule is Br.CCCCN.OCC(O)CO. The smallest absolute Gasteiger partial charge is 0.100 e. The number of aliphatic hydroxyl groups excluding tert-OH is 3. The van der Waals surface area contributed by atoms with Gasteiger partial charge in [-0.1, -0.05) is 13.3 Å². The molecule has 0 rings (SSSR count). The zero-order valence-electron chi connectivity index (χ0n) is 7.44. The Balaban J connectivity index is -0.000000126. The summed E-state index contributed by atoms with van der Waals surface area (Å²) in [5.41, 5.74) is 5.14. The van der Waals surface area contributed by atoms with Crippen molar-refractivity contribution in [3.63, 3.8) is 0 Å². The number of aliphatic hydroxyl groups is 3. The summed E-state index contributed by atoms with van der Waals surface area (Å²) in [6.45, 7) is 2.25. The number of unbranched alkanes of at least 4 members (excludes halogenated alkanes) is 1. The first-order valence-corrected chi connectivity index (χ1v) is 3.82. The Bertz CT molecular complexity index is 60.6.